The first kappa shape index (κ1) is 12.9. The van der Waals surface area contributed by atoms with Crippen molar-refractivity contribution >= 4 is 11.4 Å². The van der Waals surface area contributed by atoms with Gasteiger partial charge in [-0.05, 0) is 24.3 Å². The average Bonchev–Trinajstić information content (AvgIpc) is 2.34. The Hall–Kier alpha value is -2.55. The fourth-order valence-electron chi connectivity index (χ4n) is 1.51. The first-order valence-electron chi connectivity index (χ1n) is 5.12. The second-order valence-electron chi connectivity index (χ2n) is 3.68. The molecule has 2 aromatic carbocycles. The number of halogens is 4. The number of benzene rings is 2. The highest BCUT2D eigenvalue weighted by atomic mass is 19.2. The van der Waals surface area contributed by atoms with Crippen LogP contribution in [0.4, 0.5) is 28.9 Å². The maximum Gasteiger partial charge on any atom is 0.183 e. The van der Waals surface area contributed by atoms with E-state index in [2.05, 4.69) is 5.32 Å². The molecule has 0 spiro atoms. The van der Waals surface area contributed by atoms with Gasteiger partial charge in [-0.2, -0.15) is 5.26 Å². The minimum atomic E-state index is -1.32. The molecule has 0 amide bonds. The topological polar surface area (TPSA) is 35.8 Å². The van der Waals surface area contributed by atoms with Crippen LogP contribution in [0.25, 0.3) is 0 Å². The molecule has 0 aromatic heterocycles. The monoisotopic (exact) mass is 266 g/mol. The minimum Gasteiger partial charge on any atom is -0.353 e. The van der Waals surface area contributed by atoms with Crippen molar-refractivity contribution in [2.24, 2.45) is 0 Å². The van der Waals surface area contributed by atoms with Gasteiger partial charge >= 0.3 is 0 Å². The smallest absolute Gasteiger partial charge is 0.183 e. The summed E-state index contributed by atoms with van der Waals surface area (Å²) in [7, 11) is 0. The van der Waals surface area contributed by atoms with Gasteiger partial charge in [-0.15, -0.1) is 0 Å². The lowest BCUT2D eigenvalue weighted by atomic mass is 10.2. The Morgan fingerprint density at radius 2 is 1.53 bits per heavy atom. The predicted molar refractivity (Wildman–Crippen MR) is 60.7 cm³/mol. The molecular weight excluding hydrogens is 260 g/mol. The highest BCUT2D eigenvalue weighted by molar-refractivity contribution is 5.61. The molecule has 0 saturated heterocycles. The highest BCUT2D eigenvalue weighted by Crippen LogP contribution is 2.24. The summed E-state index contributed by atoms with van der Waals surface area (Å²) in [6.07, 6.45) is 0. The lowest BCUT2D eigenvalue weighted by Gasteiger charge is -2.09. The van der Waals surface area contributed by atoms with Crippen LogP contribution < -0.4 is 5.32 Å². The molecule has 0 aliphatic heterocycles. The van der Waals surface area contributed by atoms with Crippen molar-refractivity contribution in [2.75, 3.05) is 5.32 Å². The minimum absolute atomic E-state index is 0.0690. The first-order chi connectivity index (χ1) is 9.01. The third-order valence-electron chi connectivity index (χ3n) is 2.34. The molecule has 0 aliphatic rings. The zero-order valence-electron chi connectivity index (χ0n) is 9.35. The molecular formula is C13H6F4N2. The zero-order valence-corrected chi connectivity index (χ0v) is 9.35. The standard InChI is InChI=1S/C13H6F4N2/c14-8-3-9(15)5-10(4-8)19-11-2-1-7(6-18)12(16)13(11)17/h1-5,19H. The molecule has 0 fully saturated rings. The fraction of sp³-hybridized carbons (Fsp3) is 0. The van der Waals surface area contributed by atoms with Crippen molar-refractivity contribution in [1.29, 1.82) is 5.26 Å². The lowest BCUT2D eigenvalue weighted by molar-refractivity contribution is 0.509. The molecule has 19 heavy (non-hydrogen) atoms. The van der Waals surface area contributed by atoms with E-state index in [-0.39, 0.29) is 11.4 Å². The molecule has 96 valence electrons. The Bertz CT molecular complexity index is 657. The lowest BCUT2D eigenvalue weighted by Crippen LogP contribution is -1.99. The number of nitrogens with one attached hydrogen (secondary N) is 1. The van der Waals surface area contributed by atoms with Crippen LogP contribution in [-0.2, 0) is 0 Å². The van der Waals surface area contributed by atoms with Gasteiger partial charge in [0.15, 0.2) is 11.6 Å². The third kappa shape index (κ3) is 2.65. The number of nitriles is 1. The van der Waals surface area contributed by atoms with Crippen LogP contribution in [0.1, 0.15) is 5.56 Å². The van der Waals surface area contributed by atoms with Crippen molar-refractivity contribution in [1.82, 2.24) is 0 Å². The van der Waals surface area contributed by atoms with Crippen LogP contribution >= 0.6 is 0 Å². The van der Waals surface area contributed by atoms with E-state index in [4.69, 9.17) is 5.26 Å². The number of hydrogen-bond donors (Lipinski definition) is 1. The number of nitrogens with zero attached hydrogens (tertiary/aromatic N) is 1. The van der Waals surface area contributed by atoms with Gasteiger partial charge in [0.2, 0.25) is 0 Å². The summed E-state index contributed by atoms with van der Waals surface area (Å²) in [5, 5.41) is 10.9. The van der Waals surface area contributed by atoms with Crippen molar-refractivity contribution in [3.05, 3.63) is 59.2 Å². The summed E-state index contributed by atoms with van der Waals surface area (Å²) in [4.78, 5) is 0. The molecule has 0 bridgehead atoms. The van der Waals surface area contributed by atoms with Crippen LogP contribution in [0.2, 0.25) is 0 Å². The van der Waals surface area contributed by atoms with Gasteiger partial charge in [0.25, 0.3) is 0 Å². The van der Waals surface area contributed by atoms with Crippen LogP contribution in [0, 0.1) is 34.6 Å². The van der Waals surface area contributed by atoms with E-state index in [1.165, 1.54) is 6.07 Å². The van der Waals surface area contributed by atoms with E-state index >= 15 is 0 Å². The van der Waals surface area contributed by atoms with Gasteiger partial charge in [0, 0.05) is 11.8 Å². The second kappa shape index (κ2) is 4.98. The first-order valence-corrected chi connectivity index (χ1v) is 5.12. The number of hydrogen-bond acceptors (Lipinski definition) is 2. The van der Waals surface area contributed by atoms with Crippen LogP contribution in [-0.4, -0.2) is 0 Å². The van der Waals surface area contributed by atoms with Crippen LogP contribution in [0.5, 0.6) is 0 Å². The van der Waals surface area contributed by atoms with Crippen molar-refractivity contribution in [2.45, 2.75) is 0 Å². The summed E-state index contributed by atoms with van der Waals surface area (Å²) in [6.45, 7) is 0. The van der Waals surface area contributed by atoms with E-state index in [9.17, 15) is 17.6 Å². The predicted octanol–water partition coefficient (Wildman–Crippen LogP) is 3.86. The summed E-state index contributed by atoms with van der Waals surface area (Å²) in [6, 6.07) is 6.17. The summed E-state index contributed by atoms with van der Waals surface area (Å²) in [5.74, 6) is -4.30. The normalized spacial score (nSPS) is 10.1. The molecule has 2 nitrogen and oxygen atoms in total. The van der Waals surface area contributed by atoms with Crippen molar-refractivity contribution in [3.8, 4) is 6.07 Å². The van der Waals surface area contributed by atoms with E-state index in [1.54, 1.807) is 0 Å². The molecule has 6 heteroatoms. The van der Waals surface area contributed by atoms with Crippen molar-refractivity contribution in [3.63, 3.8) is 0 Å². The quantitative estimate of drug-likeness (QED) is 0.838. The van der Waals surface area contributed by atoms with Crippen LogP contribution in [0.15, 0.2) is 30.3 Å². The second-order valence-corrected chi connectivity index (χ2v) is 3.68. The molecule has 2 aromatic rings. The van der Waals surface area contributed by atoms with Gasteiger partial charge in [-0.25, -0.2) is 17.6 Å². The van der Waals surface area contributed by atoms with Gasteiger partial charge in [-0.1, -0.05) is 0 Å². The maximum atomic E-state index is 13.6. The van der Waals surface area contributed by atoms with E-state index in [0.717, 1.165) is 24.3 Å². The molecule has 1 N–H and O–H groups in total. The van der Waals surface area contributed by atoms with Gasteiger partial charge < -0.3 is 5.32 Å². The Balaban J connectivity index is 2.39. The largest absolute Gasteiger partial charge is 0.353 e. The Labute approximate surface area is 105 Å². The van der Waals surface area contributed by atoms with E-state index in [0.29, 0.717) is 6.07 Å². The number of rotatable bonds is 2. The highest BCUT2D eigenvalue weighted by Gasteiger charge is 2.13. The van der Waals surface area contributed by atoms with Crippen LogP contribution in [0.3, 0.4) is 0 Å². The molecule has 2 rings (SSSR count). The third-order valence-corrected chi connectivity index (χ3v) is 2.34. The van der Waals surface area contributed by atoms with Gasteiger partial charge in [0.05, 0.1) is 11.3 Å². The average molecular weight is 266 g/mol. The molecule has 0 saturated carbocycles. The van der Waals surface area contributed by atoms with Crippen molar-refractivity contribution < 1.29 is 17.6 Å². The van der Waals surface area contributed by atoms with E-state index < -0.39 is 28.8 Å². The number of anilines is 2. The summed E-state index contributed by atoms with van der Waals surface area (Å²) in [5.41, 5.74) is -0.838. The molecule has 0 aliphatic carbocycles. The molecule has 0 heterocycles. The van der Waals surface area contributed by atoms with Gasteiger partial charge in [-0.3, -0.25) is 0 Å². The SMILES string of the molecule is N#Cc1ccc(Nc2cc(F)cc(F)c2)c(F)c1F. The maximum absolute atomic E-state index is 13.6. The molecule has 0 atom stereocenters. The molecule has 0 unspecified atom stereocenters. The summed E-state index contributed by atoms with van der Waals surface area (Å²) < 4.78 is 52.8. The Morgan fingerprint density at radius 1 is 0.895 bits per heavy atom. The van der Waals surface area contributed by atoms with Gasteiger partial charge in [0.1, 0.15) is 17.7 Å². The van der Waals surface area contributed by atoms with E-state index in [1.807, 2.05) is 0 Å². The Morgan fingerprint density at radius 3 is 2.11 bits per heavy atom. The zero-order chi connectivity index (χ0) is 14.0. The molecule has 0 radical (unpaired) electrons. The summed E-state index contributed by atoms with van der Waals surface area (Å²) >= 11 is 0. The fourth-order valence-corrected chi connectivity index (χ4v) is 1.51. The Kier molecular flexibility index (Phi) is 3.38.